The van der Waals surface area contributed by atoms with Crippen LogP contribution in [-0.4, -0.2) is 25.5 Å². The molecule has 0 unspecified atom stereocenters. The van der Waals surface area contributed by atoms with Crippen LogP contribution in [0.4, 0.5) is 5.69 Å². The van der Waals surface area contributed by atoms with Crippen molar-refractivity contribution < 1.29 is 10.2 Å². The summed E-state index contributed by atoms with van der Waals surface area (Å²) < 4.78 is 1.10. The number of hydrogen-bond donors (Lipinski definition) is 3. The van der Waals surface area contributed by atoms with Gasteiger partial charge in [-0.2, -0.15) is 0 Å². The molecule has 5 rings (SSSR count). The van der Waals surface area contributed by atoms with Gasteiger partial charge in [-0.05, 0) is 66.9 Å². The lowest BCUT2D eigenvalue weighted by molar-refractivity contribution is 0.429. The average molecular weight is 486 g/mol. The fourth-order valence-electron chi connectivity index (χ4n) is 4.38. The second-order valence-electron chi connectivity index (χ2n) is 8.57. The van der Waals surface area contributed by atoms with E-state index in [4.69, 9.17) is 4.99 Å². The summed E-state index contributed by atoms with van der Waals surface area (Å²) in [6, 6.07) is 20.0. The molecule has 0 spiro atoms. The number of rotatable bonds is 3. The summed E-state index contributed by atoms with van der Waals surface area (Å²) >= 11 is 1.57. The summed E-state index contributed by atoms with van der Waals surface area (Å²) in [5, 5.41) is 21.1. The van der Waals surface area contributed by atoms with Crippen molar-refractivity contribution in [3.8, 4) is 17.3 Å². The van der Waals surface area contributed by atoms with E-state index in [1.165, 1.54) is 0 Å². The number of aromatic nitrogens is 2. The van der Waals surface area contributed by atoms with Crippen LogP contribution in [0.1, 0.15) is 33.9 Å². The van der Waals surface area contributed by atoms with Gasteiger partial charge in [0.2, 0.25) is 5.88 Å². The molecule has 0 amide bonds. The molecular weight excluding hydrogens is 462 g/mol. The zero-order chi connectivity index (χ0) is 24.7. The SMILES string of the molecule is Cc1cc(C)cc(-n2c(O)c(C3=Nc4ccccc4S[C@@H](c4cccc(O)c4)C3)c(=O)[nH]c2=O)c1. The molecule has 1 aromatic heterocycles. The summed E-state index contributed by atoms with van der Waals surface area (Å²) in [6.07, 6.45) is 0.296. The first-order valence-corrected chi connectivity index (χ1v) is 12.0. The Morgan fingerprint density at radius 2 is 1.71 bits per heavy atom. The Morgan fingerprint density at radius 3 is 2.46 bits per heavy atom. The topological polar surface area (TPSA) is 108 Å². The number of fused-ring (bicyclic) bond motifs is 1. The predicted octanol–water partition coefficient (Wildman–Crippen LogP) is 4.91. The molecule has 0 bridgehead atoms. The highest BCUT2D eigenvalue weighted by molar-refractivity contribution is 7.99. The van der Waals surface area contributed by atoms with Crippen LogP contribution in [0.3, 0.4) is 0 Å². The van der Waals surface area contributed by atoms with Crippen LogP contribution in [0.5, 0.6) is 11.6 Å². The van der Waals surface area contributed by atoms with Gasteiger partial charge in [0.15, 0.2) is 0 Å². The smallest absolute Gasteiger partial charge is 0.335 e. The van der Waals surface area contributed by atoms with Crippen LogP contribution in [0.25, 0.3) is 5.69 Å². The molecule has 0 saturated carbocycles. The fourth-order valence-corrected chi connectivity index (χ4v) is 5.61. The van der Waals surface area contributed by atoms with Crippen LogP contribution in [-0.2, 0) is 0 Å². The molecule has 1 aliphatic heterocycles. The molecule has 0 radical (unpaired) electrons. The number of aliphatic imine (C=N–C) groups is 1. The number of phenolic OH excluding ortho intramolecular Hbond substituents is 1. The van der Waals surface area contributed by atoms with Crippen LogP contribution >= 0.6 is 11.8 Å². The molecule has 4 aromatic rings. The minimum atomic E-state index is -0.727. The van der Waals surface area contributed by atoms with E-state index in [1.807, 2.05) is 50.2 Å². The average Bonchev–Trinajstić information content (AvgIpc) is 2.98. The van der Waals surface area contributed by atoms with Crippen LogP contribution in [0, 0.1) is 13.8 Å². The predicted molar refractivity (Wildman–Crippen MR) is 138 cm³/mol. The van der Waals surface area contributed by atoms with Crippen molar-refractivity contribution in [1.29, 1.82) is 0 Å². The summed E-state index contributed by atoms with van der Waals surface area (Å²) in [6.45, 7) is 3.79. The molecule has 3 N–H and O–H groups in total. The van der Waals surface area contributed by atoms with Gasteiger partial charge in [-0.25, -0.2) is 9.36 Å². The third-order valence-electron chi connectivity index (χ3n) is 5.85. The van der Waals surface area contributed by atoms with E-state index in [0.29, 0.717) is 23.5 Å². The van der Waals surface area contributed by atoms with Gasteiger partial charge in [0.05, 0.1) is 17.1 Å². The number of aromatic hydroxyl groups is 2. The van der Waals surface area contributed by atoms with E-state index in [2.05, 4.69) is 4.98 Å². The normalized spacial score (nSPS) is 15.3. The zero-order valence-corrected chi connectivity index (χ0v) is 20.0. The first kappa shape index (κ1) is 22.7. The highest BCUT2D eigenvalue weighted by Gasteiger charge is 2.27. The molecule has 0 aliphatic carbocycles. The number of benzene rings is 3. The van der Waals surface area contributed by atoms with Crippen molar-refractivity contribution in [2.75, 3.05) is 0 Å². The standard InChI is InChI=1S/C27H23N3O4S/c1-15-10-16(2)12-18(11-15)30-26(33)24(25(32)29-27(30)34)21-14-23(17-6-5-7-19(31)13-17)35-22-9-4-3-8-20(22)28-21/h3-13,23,31,33H,14H2,1-2H3,(H,29,32,34)/t23-/m1/s1. The number of nitrogens with one attached hydrogen (secondary N) is 1. The van der Waals surface area contributed by atoms with Gasteiger partial charge >= 0.3 is 5.69 Å². The maximum atomic E-state index is 13.0. The molecule has 1 aliphatic rings. The van der Waals surface area contributed by atoms with Gasteiger partial charge in [-0.3, -0.25) is 14.8 Å². The van der Waals surface area contributed by atoms with Crippen LogP contribution in [0.2, 0.25) is 0 Å². The monoisotopic (exact) mass is 485 g/mol. The van der Waals surface area contributed by atoms with E-state index < -0.39 is 17.1 Å². The lowest BCUT2D eigenvalue weighted by Crippen LogP contribution is -2.33. The van der Waals surface area contributed by atoms with Gasteiger partial charge in [-0.15, -0.1) is 11.8 Å². The zero-order valence-electron chi connectivity index (χ0n) is 19.1. The molecule has 0 saturated heterocycles. The van der Waals surface area contributed by atoms with Gasteiger partial charge < -0.3 is 10.2 Å². The molecule has 0 fully saturated rings. The third kappa shape index (κ3) is 4.40. The van der Waals surface area contributed by atoms with Crippen molar-refractivity contribution in [1.82, 2.24) is 9.55 Å². The molecule has 7 nitrogen and oxygen atoms in total. The van der Waals surface area contributed by atoms with Crippen molar-refractivity contribution >= 4 is 23.2 Å². The van der Waals surface area contributed by atoms with Gasteiger partial charge in [0.1, 0.15) is 11.3 Å². The van der Waals surface area contributed by atoms with E-state index in [-0.39, 0.29) is 16.6 Å². The first-order chi connectivity index (χ1) is 16.8. The minimum absolute atomic E-state index is 0.0498. The molecular formula is C27H23N3O4S. The number of H-pyrrole nitrogens is 1. The highest BCUT2D eigenvalue weighted by Crippen LogP contribution is 2.46. The Balaban J connectivity index is 1.72. The highest BCUT2D eigenvalue weighted by atomic mass is 32.2. The lowest BCUT2D eigenvalue weighted by Gasteiger charge is -2.17. The Morgan fingerprint density at radius 1 is 0.971 bits per heavy atom. The number of thioether (sulfide) groups is 1. The summed E-state index contributed by atoms with van der Waals surface area (Å²) in [5.74, 6) is -0.315. The van der Waals surface area contributed by atoms with Crippen LogP contribution < -0.4 is 11.2 Å². The van der Waals surface area contributed by atoms with E-state index in [1.54, 1.807) is 42.1 Å². The molecule has 8 heteroatoms. The van der Waals surface area contributed by atoms with E-state index in [0.717, 1.165) is 26.2 Å². The van der Waals surface area contributed by atoms with Crippen molar-refractivity contribution in [3.63, 3.8) is 0 Å². The van der Waals surface area contributed by atoms with Crippen LogP contribution in [0.15, 0.2) is 86.2 Å². The Kier molecular flexibility index (Phi) is 5.82. The number of para-hydroxylation sites is 1. The van der Waals surface area contributed by atoms with Gasteiger partial charge in [-0.1, -0.05) is 30.3 Å². The second-order valence-corrected chi connectivity index (χ2v) is 9.82. The molecule has 2 heterocycles. The van der Waals surface area contributed by atoms with Crippen molar-refractivity contribution in [3.05, 3.63) is 110 Å². The number of phenols is 1. The first-order valence-electron chi connectivity index (χ1n) is 11.1. The third-order valence-corrected chi connectivity index (χ3v) is 7.17. The lowest BCUT2D eigenvalue weighted by atomic mass is 10.0. The molecule has 35 heavy (non-hydrogen) atoms. The Bertz CT molecular complexity index is 1580. The fraction of sp³-hybridized carbons (Fsp3) is 0.148. The minimum Gasteiger partial charge on any atom is -0.508 e. The van der Waals surface area contributed by atoms with Crippen molar-refractivity contribution in [2.24, 2.45) is 4.99 Å². The summed E-state index contributed by atoms with van der Waals surface area (Å²) in [7, 11) is 0. The van der Waals surface area contributed by atoms with E-state index in [9.17, 15) is 19.8 Å². The molecule has 3 aromatic carbocycles. The van der Waals surface area contributed by atoms with Gasteiger partial charge in [0.25, 0.3) is 5.56 Å². The number of nitrogens with zero attached hydrogens (tertiary/aromatic N) is 2. The number of aryl methyl sites for hydroxylation is 2. The molecule has 176 valence electrons. The van der Waals surface area contributed by atoms with Crippen molar-refractivity contribution in [2.45, 2.75) is 30.4 Å². The largest absolute Gasteiger partial charge is 0.508 e. The maximum absolute atomic E-state index is 13.0. The Hall–Kier alpha value is -4.04. The van der Waals surface area contributed by atoms with E-state index >= 15 is 0 Å². The number of aromatic amines is 1. The number of hydrogen-bond acceptors (Lipinski definition) is 6. The van der Waals surface area contributed by atoms with Gasteiger partial charge in [0, 0.05) is 16.6 Å². The summed E-state index contributed by atoms with van der Waals surface area (Å²) in [4.78, 5) is 33.9. The second kappa shape index (κ2) is 8.96. The summed E-state index contributed by atoms with van der Waals surface area (Å²) in [5.41, 5.74) is 2.69. The quantitative estimate of drug-likeness (QED) is 0.382. The Labute approximate surface area is 205 Å². The molecule has 1 atom stereocenters. The maximum Gasteiger partial charge on any atom is 0.335 e.